The summed E-state index contributed by atoms with van der Waals surface area (Å²) in [5.41, 5.74) is 4.84. The summed E-state index contributed by atoms with van der Waals surface area (Å²) in [7, 11) is 1.68. The van der Waals surface area contributed by atoms with E-state index in [1.165, 1.54) is 11.1 Å². The fraction of sp³-hybridized carbons (Fsp3) is 0.400. The van der Waals surface area contributed by atoms with Crippen LogP contribution in [0.15, 0.2) is 51.7 Å². The van der Waals surface area contributed by atoms with Crippen molar-refractivity contribution in [1.29, 1.82) is 0 Å². The number of nitrogens with zero attached hydrogens (tertiary/aromatic N) is 1. The van der Waals surface area contributed by atoms with E-state index >= 15 is 0 Å². The molecular formula is C25H30N2O4. The van der Waals surface area contributed by atoms with E-state index in [0.717, 1.165) is 55.1 Å². The van der Waals surface area contributed by atoms with Gasteiger partial charge in [-0.1, -0.05) is 12.1 Å². The zero-order valence-corrected chi connectivity index (χ0v) is 18.4. The molecule has 6 nitrogen and oxygen atoms in total. The molecular weight excluding hydrogens is 392 g/mol. The molecule has 0 spiro atoms. The second-order valence-electron chi connectivity index (χ2n) is 8.09. The fourth-order valence-electron chi connectivity index (χ4n) is 4.15. The lowest BCUT2D eigenvalue weighted by atomic mass is 10.0. The molecule has 0 amide bonds. The highest BCUT2D eigenvalue weighted by molar-refractivity contribution is 5.81. The van der Waals surface area contributed by atoms with Crippen molar-refractivity contribution in [3.8, 4) is 5.75 Å². The molecule has 1 aliphatic heterocycles. The molecule has 164 valence electrons. The molecule has 6 heteroatoms. The molecule has 0 saturated carbocycles. The van der Waals surface area contributed by atoms with Gasteiger partial charge in [0, 0.05) is 43.7 Å². The predicted molar refractivity (Wildman–Crippen MR) is 122 cm³/mol. The summed E-state index contributed by atoms with van der Waals surface area (Å²) in [5, 5.41) is 4.57. The van der Waals surface area contributed by atoms with Gasteiger partial charge < -0.3 is 19.2 Å². The summed E-state index contributed by atoms with van der Waals surface area (Å²) in [6.07, 6.45) is 0. The minimum Gasteiger partial charge on any atom is -0.497 e. The summed E-state index contributed by atoms with van der Waals surface area (Å²) in [4.78, 5) is 14.5. The Balaban J connectivity index is 1.54. The number of morpholine rings is 1. The second-order valence-corrected chi connectivity index (χ2v) is 8.09. The number of rotatable bonds is 7. The van der Waals surface area contributed by atoms with Gasteiger partial charge in [0.2, 0.25) is 0 Å². The molecule has 1 aliphatic rings. The predicted octanol–water partition coefficient (Wildman–Crippen LogP) is 3.58. The third-order valence-corrected chi connectivity index (χ3v) is 6.08. The number of hydrogen-bond donors (Lipinski definition) is 1. The lowest BCUT2D eigenvalue weighted by molar-refractivity contribution is 0.0161. The average molecular weight is 423 g/mol. The summed E-state index contributed by atoms with van der Waals surface area (Å²) in [6.45, 7) is 8.76. The molecule has 4 rings (SSSR count). The molecule has 31 heavy (non-hydrogen) atoms. The van der Waals surface area contributed by atoms with Crippen LogP contribution in [0.1, 0.15) is 28.3 Å². The lowest BCUT2D eigenvalue weighted by Gasteiger charge is -2.35. The van der Waals surface area contributed by atoms with Gasteiger partial charge in [0.05, 0.1) is 20.3 Å². The Morgan fingerprint density at radius 3 is 2.48 bits per heavy atom. The Morgan fingerprint density at radius 2 is 1.77 bits per heavy atom. The number of methoxy groups -OCH3 is 1. The monoisotopic (exact) mass is 422 g/mol. The zero-order chi connectivity index (χ0) is 21.8. The van der Waals surface area contributed by atoms with E-state index in [-0.39, 0.29) is 11.7 Å². The van der Waals surface area contributed by atoms with E-state index in [4.69, 9.17) is 13.9 Å². The van der Waals surface area contributed by atoms with Crippen molar-refractivity contribution in [1.82, 2.24) is 10.2 Å². The first kappa shape index (κ1) is 21.6. The van der Waals surface area contributed by atoms with Crippen LogP contribution in [0.3, 0.4) is 0 Å². The number of hydrogen-bond acceptors (Lipinski definition) is 6. The maximum absolute atomic E-state index is 12.1. The third-order valence-electron chi connectivity index (χ3n) is 6.08. The Bertz CT molecular complexity index is 1090. The molecule has 3 aromatic rings. The molecule has 1 aromatic heterocycles. The van der Waals surface area contributed by atoms with Gasteiger partial charge in [0.25, 0.3) is 0 Å². The molecule has 0 bridgehead atoms. The number of aryl methyl sites for hydroxylation is 2. The highest BCUT2D eigenvalue weighted by Crippen LogP contribution is 2.25. The maximum atomic E-state index is 12.1. The Hall–Kier alpha value is -2.67. The Morgan fingerprint density at radius 1 is 1.06 bits per heavy atom. The van der Waals surface area contributed by atoms with Crippen molar-refractivity contribution in [2.75, 3.05) is 40.0 Å². The summed E-state index contributed by atoms with van der Waals surface area (Å²) >= 11 is 0. The molecule has 1 N–H and O–H groups in total. The highest BCUT2D eigenvalue weighted by Gasteiger charge is 2.22. The quantitative estimate of drug-likeness (QED) is 0.587. The summed E-state index contributed by atoms with van der Waals surface area (Å²) in [5.74, 6) is 0.852. The van der Waals surface area contributed by atoms with Crippen LogP contribution >= 0.6 is 0 Å². The van der Waals surface area contributed by atoms with Crippen molar-refractivity contribution in [2.24, 2.45) is 0 Å². The van der Waals surface area contributed by atoms with E-state index in [0.29, 0.717) is 12.1 Å². The van der Waals surface area contributed by atoms with Crippen LogP contribution < -0.4 is 15.7 Å². The topological polar surface area (TPSA) is 63.9 Å². The largest absolute Gasteiger partial charge is 0.497 e. The van der Waals surface area contributed by atoms with Gasteiger partial charge in [0.1, 0.15) is 11.3 Å². The molecule has 1 saturated heterocycles. The van der Waals surface area contributed by atoms with Crippen LogP contribution in [0.2, 0.25) is 0 Å². The smallest absolute Gasteiger partial charge is 0.336 e. The van der Waals surface area contributed by atoms with Crippen molar-refractivity contribution in [2.45, 2.75) is 26.4 Å². The van der Waals surface area contributed by atoms with Crippen LogP contribution in [0.4, 0.5) is 0 Å². The zero-order valence-electron chi connectivity index (χ0n) is 18.4. The van der Waals surface area contributed by atoms with Crippen LogP contribution in [0, 0.1) is 13.8 Å². The van der Waals surface area contributed by atoms with Crippen molar-refractivity contribution >= 4 is 11.0 Å². The van der Waals surface area contributed by atoms with E-state index in [1.54, 1.807) is 13.2 Å². The molecule has 2 aromatic carbocycles. The first-order valence-corrected chi connectivity index (χ1v) is 10.8. The van der Waals surface area contributed by atoms with E-state index in [9.17, 15) is 4.79 Å². The second kappa shape index (κ2) is 9.64. The van der Waals surface area contributed by atoms with Crippen molar-refractivity contribution in [3.63, 3.8) is 0 Å². The fourth-order valence-corrected chi connectivity index (χ4v) is 4.15. The minimum absolute atomic E-state index is 0.213. The van der Waals surface area contributed by atoms with Crippen molar-refractivity contribution < 1.29 is 13.9 Å². The average Bonchev–Trinajstić information content (AvgIpc) is 2.78. The Labute approximate surface area is 182 Å². The van der Waals surface area contributed by atoms with Gasteiger partial charge in [-0.3, -0.25) is 4.90 Å². The standard InChI is InChI=1S/C25H30N2O4/c1-17-12-22-20(14-25(28)31-24(22)13-18(17)2)15-26-16-23(27-8-10-30-11-9-27)19-4-6-21(29-3)7-5-19/h4-7,12-14,23,26H,8-11,15-16H2,1-3H3/t23-/m1/s1. The van der Waals surface area contributed by atoms with E-state index < -0.39 is 0 Å². The van der Waals surface area contributed by atoms with Gasteiger partial charge in [0.15, 0.2) is 0 Å². The van der Waals surface area contributed by atoms with Gasteiger partial charge in [-0.2, -0.15) is 0 Å². The molecule has 0 unspecified atom stereocenters. The van der Waals surface area contributed by atoms with E-state index in [1.807, 2.05) is 25.1 Å². The maximum Gasteiger partial charge on any atom is 0.336 e. The SMILES string of the molecule is COc1ccc([C@@H](CNCc2cc(=O)oc3cc(C)c(C)cc23)N2CCOCC2)cc1. The number of ether oxygens (including phenoxy) is 2. The molecule has 1 atom stereocenters. The molecule has 0 aliphatic carbocycles. The number of benzene rings is 2. The molecule has 1 fully saturated rings. The van der Waals surface area contributed by atoms with Crippen molar-refractivity contribution in [3.05, 3.63) is 75.1 Å². The Kier molecular flexibility index (Phi) is 6.70. The van der Waals surface area contributed by atoms with Crippen LogP contribution in [0.25, 0.3) is 11.0 Å². The summed E-state index contributed by atoms with van der Waals surface area (Å²) < 4.78 is 16.3. The molecule has 0 radical (unpaired) electrons. The first-order valence-electron chi connectivity index (χ1n) is 10.8. The number of fused-ring (bicyclic) bond motifs is 1. The van der Waals surface area contributed by atoms with Gasteiger partial charge in [-0.05, 0) is 60.4 Å². The number of nitrogens with one attached hydrogen (secondary N) is 1. The lowest BCUT2D eigenvalue weighted by Crippen LogP contribution is -2.42. The molecule has 2 heterocycles. The van der Waals surface area contributed by atoms with Crippen LogP contribution in [-0.4, -0.2) is 44.9 Å². The highest BCUT2D eigenvalue weighted by atomic mass is 16.5. The minimum atomic E-state index is -0.313. The third kappa shape index (κ3) is 4.98. The van der Waals surface area contributed by atoms with Gasteiger partial charge >= 0.3 is 5.63 Å². The van der Waals surface area contributed by atoms with Gasteiger partial charge in [-0.15, -0.1) is 0 Å². The summed E-state index contributed by atoms with van der Waals surface area (Å²) in [6, 6.07) is 14.1. The van der Waals surface area contributed by atoms with Crippen LogP contribution in [0.5, 0.6) is 5.75 Å². The van der Waals surface area contributed by atoms with Crippen LogP contribution in [-0.2, 0) is 11.3 Å². The normalized spacial score (nSPS) is 15.8. The van der Waals surface area contributed by atoms with E-state index in [2.05, 4.69) is 35.3 Å². The first-order chi connectivity index (χ1) is 15.0. The van der Waals surface area contributed by atoms with Gasteiger partial charge in [-0.25, -0.2) is 4.79 Å².